The molecule has 1 aliphatic carbocycles. The van der Waals surface area contributed by atoms with Gasteiger partial charge in [-0.15, -0.1) is 0 Å². The molecule has 0 spiro atoms. The van der Waals surface area contributed by atoms with Gasteiger partial charge in [0.2, 0.25) is 0 Å². The van der Waals surface area contributed by atoms with E-state index >= 15 is 0 Å². The van der Waals surface area contributed by atoms with Crippen molar-refractivity contribution in [1.29, 1.82) is 0 Å². The molecule has 0 aromatic carbocycles. The van der Waals surface area contributed by atoms with Crippen molar-refractivity contribution >= 4 is 6.29 Å². The minimum absolute atomic E-state index is 0.128. The summed E-state index contributed by atoms with van der Waals surface area (Å²) in [5.74, 6) is 0.771. The van der Waals surface area contributed by atoms with Crippen LogP contribution in [0.5, 0.6) is 0 Å². The summed E-state index contributed by atoms with van der Waals surface area (Å²) >= 11 is 0. The summed E-state index contributed by atoms with van der Waals surface area (Å²) < 4.78 is 0. The summed E-state index contributed by atoms with van der Waals surface area (Å²) in [7, 11) is 0. The quantitative estimate of drug-likeness (QED) is 0.781. The molecule has 2 rings (SSSR count). The van der Waals surface area contributed by atoms with Crippen LogP contribution in [0.2, 0.25) is 0 Å². The van der Waals surface area contributed by atoms with Crippen LogP contribution in [-0.4, -0.2) is 42.0 Å². The molecule has 1 saturated heterocycles. The Morgan fingerprint density at radius 2 is 2.00 bits per heavy atom. The Labute approximate surface area is 111 Å². The van der Waals surface area contributed by atoms with Gasteiger partial charge in [-0.1, -0.05) is 13.3 Å². The van der Waals surface area contributed by atoms with E-state index in [-0.39, 0.29) is 18.1 Å². The highest BCUT2D eigenvalue weighted by Gasteiger charge is 2.37. The molecule has 104 valence electrons. The molecule has 0 amide bonds. The number of carbonyl (C=O) groups excluding carboxylic acids is 1. The molecule has 0 bridgehead atoms. The number of hydrogen-bond acceptors (Lipinski definition) is 3. The third kappa shape index (κ3) is 3.12. The van der Waals surface area contributed by atoms with Crippen molar-refractivity contribution in [1.82, 2.24) is 4.90 Å². The van der Waals surface area contributed by atoms with Crippen LogP contribution in [0, 0.1) is 11.3 Å². The predicted molar refractivity (Wildman–Crippen MR) is 72.4 cm³/mol. The maximum atomic E-state index is 11.6. The Morgan fingerprint density at radius 3 is 2.61 bits per heavy atom. The van der Waals surface area contributed by atoms with Crippen molar-refractivity contribution in [2.75, 3.05) is 19.7 Å². The Balaban J connectivity index is 1.98. The molecule has 1 unspecified atom stereocenters. The second kappa shape index (κ2) is 6.16. The average Bonchev–Trinajstić information content (AvgIpc) is 2.42. The smallest absolute Gasteiger partial charge is 0.127 e. The Kier molecular flexibility index (Phi) is 4.79. The van der Waals surface area contributed by atoms with Gasteiger partial charge in [-0.25, -0.2) is 0 Å². The first-order valence-corrected chi connectivity index (χ1v) is 7.50. The normalized spacial score (nSPS) is 38.6. The highest BCUT2D eigenvalue weighted by Crippen LogP contribution is 2.38. The number of nitrogens with zero attached hydrogens (tertiary/aromatic N) is 1. The fourth-order valence-electron chi connectivity index (χ4n) is 3.53. The molecule has 1 heterocycles. The number of likely N-dealkylation sites (tertiary alicyclic amines) is 1. The van der Waals surface area contributed by atoms with Crippen LogP contribution in [0.4, 0.5) is 0 Å². The molecule has 1 saturated carbocycles. The first-order valence-electron chi connectivity index (χ1n) is 7.50. The molecule has 0 radical (unpaired) electrons. The molecular weight excluding hydrogens is 226 g/mol. The van der Waals surface area contributed by atoms with E-state index in [0.717, 1.165) is 38.3 Å². The van der Waals surface area contributed by atoms with Crippen LogP contribution < -0.4 is 0 Å². The van der Waals surface area contributed by atoms with Crippen molar-refractivity contribution in [2.24, 2.45) is 11.3 Å². The number of aliphatic hydroxyl groups excluding tert-OH is 1. The Bertz CT molecular complexity index is 272. The van der Waals surface area contributed by atoms with E-state index in [2.05, 4.69) is 11.8 Å². The number of rotatable bonds is 4. The maximum absolute atomic E-state index is 11.6. The molecule has 18 heavy (non-hydrogen) atoms. The first-order chi connectivity index (χ1) is 8.69. The number of aldehydes is 1. The predicted octanol–water partition coefficient (Wildman–Crippen LogP) is 2.23. The van der Waals surface area contributed by atoms with Gasteiger partial charge >= 0.3 is 0 Å². The topological polar surface area (TPSA) is 40.5 Å². The maximum Gasteiger partial charge on any atom is 0.127 e. The van der Waals surface area contributed by atoms with Crippen molar-refractivity contribution < 1.29 is 9.90 Å². The zero-order valence-electron chi connectivity index (χ0n) is 11.6. The van der Waals surface area contributed by atoms with Crippen molar-refractivity contribution in [3.8, 4) is 0 Å². The standard InChI is InChI=1S/C15H27NO2/c1-13-5-7-15(12-18,8-6-13)11-16-9-3-2-4-14(16)10-17/h12-14,17H,2-11H2,1H3. The van der Waals surface area contributed by atoms with Gasteiger partial charge in [0, 0.05) is 18.0 Å². The van der Waals surface area contributed by atoms with Gasteiger partial charge in [0.25, 0.3) is 0 Å². The number of piperidine rings is 1. The van der Waals surface area contributed by atoms with Gasteiger partial charge in [0.1, 0.15) is 6.29 Å². The average molecular weight is 253 g/mol. The summed E-state index contributed by atoms with van der Waals surface area (Å²) in [6, 6.07) is 0.287. The van der Waals surface area contributed by atoms with Crippen molar-refractivity contribution in [2.45, 2.75) is 57.9 Å². The Morgan fingerprint density at radius 1 is 1.28 bits per heavy atom. The minimum atomic E-state index is -0.128. The van der Waals surface area contributed by atoms with E-state index in [0.29, 0.717) is 0 Å². The van der Waals surface area contributed by atoms with Crippen LogP contribution in [0.25, 0.3) is 0 Å². The van der Waals surface area contributed by atoms with E-state index in [1.807, 2.05) is 0 Å². The second-order valence-electron chi connectivity index (χ2n) is 6.47. The first kappa shape index (κ1) is 14.0. The van der Waals surface area contributed by atoms with Gasteiger partial charge in [0.05, 0.1) is 6.61 Å². The van der Waals surface area contributed by atoms with Crippen LogP contribution in [0.15, 0.2) is 0 Å². The van der Waals surface area contributed by atoms with E-state index < -0.39 is 0 Å². The summed E-state index contributed by atoms with van der Waals surface area (Å²) in [5.41, 5.74) is -0.128. The minimum Gasteiger partial charge on any atom is -0.395 e. The van der Waals surface area contributed by atoms with Crippen LogP contribution in [0.3, 0.4) is 0 Å². The van der Waals surface area contributed by atoms with Crippen molar-refractivity contribution in [3.63, 3.8) is 0 Å². The highest BCUT2D eigenvalue weighted by molar-refractivity contribution is 5.60. The SMILES string of the molecule is CC1CCC(C=O)(CN2CCCCC2CO)CC1. The zero-order chi connectivity index (χ0) is 13.0. The fraction of sp³-hybridized carbons (Fsp3) is 0.933. The van der Waals surface area contributed by atoms with Gasteiger partial charge in [0.15, 0.2) is 0 Å². The summed E-state index contributed by atoms with van der Waals surface area (Å²) in [5, 5.41) is 9.46. The number of hydrogen-bond donors (Lipinski definition) is 1. The molecule has 1 atom stereocenters. The van der Waals surface area contributed by atoms with E-state index in [1.54, 1.807) is 0 Å². The molecule has 2 aliphatic rings. The lowest BCUT2D eigenvalue weighted by molar-refractivity contribution is -0.120. The van der Waals surface area contributed by atoms with Gasteiger partial charge in [-0.05, 0) is 51.0 Å². The summed E-state index contributed by atoms with van der Waals surface area (Å²) in [6.45, 7) is 4.45. The van der Waals surface area contributed by atoms with E-state index in [9.17, 15) is 9.90 Å². The Hall–Kier alpha value is -0.410. The fourth-order valence-corrected chi connectivity index (χ4v) is 3.53. The van der Waals surface area contributed by atoms with Gasteiger partial charge in [-0.2, -0.15) is 0 Å². The largest absolute Gasteiger partial charge is 0.395 e. The van der Waals surface area contributed by atoms with Crippen LogP contribution >= 0.6 is 0 Å². The van der Waals surface area contributed by atoms with Gasteiger partial charge < -0.3 is 9.90 Å². The van der Waals surface area contributed by atoms with E-state index in [1.165, 1.54) is 32.0 Å². The summed E-state index contributed by atoms with van der Waals surface area (Å²) in [6.07, 6.45) is 9.14. The molecule has 3 nitrogen and oxygen atoms in total. The lowest BCUT2D eigenvalue weighted by Crippen LogP contribution is -2.49. The monoisotopic (exact) mass is 253 g/mol. The van der Waals surface area contributed by atoms with E-state index in [4.69, 9.17) is 0 Å². The van der Waals surface area contributed by atoms with Gasteiger partial charge in [-0.3, -0.25) is 4.90 Å². The number of aliphatic hydroxyl groups is 1. The second-order valence-corrected chi connectivity index (χ2v) is 6.47. The highest BCUT2D eigenvalue weighted by atomic mass is 16.3. The van der Waals surface area contributed by atoms with Crippen LogP contribution in [0.1, 0.15) is 51.9 Å². The molecule has 2 fully saturated rings. The van der Waals surface area contributed by atoms with Crippen molar-refractivity contribution in [3.05, 3.63) is 0 Å². The zero-order valence-corrected chi connectivity index (χ0v) is 11.6. The third-order valence-corrected chi connectivity index (χ3v) is 5.00. The molecule has 1 N–H and O–H groups in total. The third-order valence-electron chi connectivity index (χ3n) is 5.00. The molecular formula is C15H27NO2. The molecule has 3 heteroatoms. The molecule has 0 aromatic rings. The summed E-state index contributed by atoms with van der Waals surface area (Å²) in [4.78, 5) is 13.9. The lowest BCUT2D eigenvalue weighted by atomic mass is 9.71. The number of carbonyl (C=O) groups is 1. The molecule has 1 aliphatic heterocycles. The lowest BCUT2D eigenvalue weighted by Gasteiger charge is -2.43. The molecule has 0 aromatic heterocycles. The van der Waals surface area contributed by atoms with Crippen LogP contribution in [-0.2, 0) is 4.79 Å².